The van der Waals surface area contributed by atoms with Gasteiger partial charge in [-0.25, -0.2) is 0 Å². The Kier molecular flexibility index (Phi) is 5.40. The molecule has 0 spiro atoms. The molecule has 0 radical (unpaired) electrons. The predicted octanol–water partition coefficient (Wildman–Crippen LogP) is 4.55. The molecule has 0 saturated carbocycles. The Morgan fingerprint density at radius 3 is 1.95 bits per heavy atom. The van der Waals surface area contributed by atoms with Gasteiger partial charge in [0.25, 0.3) is 0 Å². The zero-order chi connectivity index (χ0) is 15.2. The van der Waals surface area contributed by atoms with Gasteiger partial charge in [-0.05, 0) is 48.1 Å². The molecule has 0 aliphatic rings. The van der Waals surface area contributed by atoms with Crippen LogP contribution in [0.1, 0.15) is 43.5 Å². The largest absolute Gasteiger partial charge is 0.392 e. The van der Waals surface area contributed by atoms with Crippen LogP contribution in [0.5, 0.6) is 0 Å². The molecule has 2 nitrogen and oxygen atoms in total. The van der Waals surface area contributed by atoms with E-state index < -0.39 is 0 Å². The van der Waals surface area contributed by atoms with Crippen LogP contribution in [0.4, 0.5) is 5.69 Å². The van der Waals surface area contributed by atoms with Crippen LogP contribution in [0.25, 0.3) is 0 Å². The first kappa shape index (κ1) is 15.6. The first-order chi connectivity index (χ1) is 10.1. The minimum atomic E-state index is 0.0904. The van der Waals surface area contributed by atoms with Crippen LogP contribution in [0.2, 0.25) is 0 Å². The first-order valence-electron chi connectivity index (χ1n) is 7.63. The second-order valence-corrected chi connectivity index (χ2v) is 6.06. The van der Waals surface area contributed by atoms with Gasteiger partial charge in [0.05, 0.1) is 6.61 Å². The Hall–Kier alpha value is -1.80. The summed E-state index contributed by atoms with van der Waals surface area (Å²) < 4.78 is 0. The summed E-state index contributed by atoms with van der Waals surface area (Å²) in [6.45, 7) is 6.74. The molecule has 2 heteroatoms. The molecule has 0 aromatic heterocycles. The van der Waals surface area contributed by atoms with E-state index in [9.17, 15) is 0 Å². The highest BCUT2D eigenvalue weighted by Crippen LogP contribution is 2.20. The quantitative estimate of drug-likeness (QED) is 0.815. The Balaban J connectivity index is 2.00. The third kappa shape index (κ3) is 4.61. The summed E-state index contributed by atoms with van der Waals surface area (Å²) in [5.41, 5.74) is 4.69. The Morgan fingerprint density at radius 1 is 0.857 bits per heavy atom. The smallest absolute Gasteiger partial charge is 0.0681 e. The third-order valence-electron chi connectivity index (χ3n) is 3.64. The SMILES string of the molecule is CC(C)Cc1ccc(C(C)Nc2ccc(CO)cc2)cc1. The molecular weight excluding hydrogens is 258 g/mol. The summed E-state index contributed by atoms with van der Waals surface area (Å²) in [7, 11) is 0. The second kappa shape index (κ2) is 7.28. The molecule has 21 heavy (non-hydrogen) atoms. The zero-order valence-corrected chi connectivity index (χ0v) is 13.1. The van der Waals surface area contributed by atoms with E-state index in [-0.39, 0.29) is 12.6 Å². The van der Waals surface area contributed by atoms with Crippen molar-refractivity contribution >= 4 is 5.69 Å². The summed E-state index contributed by atoms with van der Waals surface area (Å²) in [6, 6.07) is 17.0. The van der Waals surface area contributed by atoms with E-state index >= 15 is 0 Å². The van der Waals surface area contributed by atoms with Gasteiger partial charge >= 0.3 is 0 Å². The second-order valence-electron chi connectivity index (χ2n) is 6.06. The third-order valence-corrected chi connectivity index (χ3v) is 3.64. The van der Waals surface area contributed by atoms with Gasteiger partial charge in [-0.3, -0.25) is 0 Å². The Bertz CT molecular complexity index is 543. The molecule has 112 valence electrons. The molecule has 1 atom stereocenters. The van der Waals surface area contributed by atoms with E-state index in [1.54, 1.807) is 0 Å². The van der Waals surface area contributed by atoms with Crippen molar-refractivity contribution in [1.29, 1.82) is 0 Å². The van der Waals surface area contributed by atoms with Gasteiger partial charge in [0.2, 0.25) is 0 Å². The molecule has 0 fully saturated rings. The normalized spacial score (nSPS) is 12.4. The maximum atomic E-state index is 9.06. The molecule has 2 aromatic carbocycles. The number of nitrogens with one attached hydrogen (secondary N) is 1. The molecule has 2 N–H and O–H groups in total. The van der Waals surface area contributed by atoms with Crippen molar-refractivity contribution in [2.75, 3.05) is 5.32 Å². The predicted molar refractivity (Wildman–Crippen MR) is 89.4 cm³/mol. The fourth-order valence-corrected chi connectivity index (χ4v) is 2.45. The summed E-state index contributed by atoms with van der Waals surface area (Å²) in [4.78, 5) is 0. The van der Waals surface area contributed by atoms with Crippen molar-refractivity contribution in [2.24, 2.45) is 5.92 Å². The van der Waals surface area contributed by atoms with Gasteiger partial charge in [0, 0.05) is 11.7 Å². The average molecular weight is 283 g/mol. The van der Waals surface area contributed by atoms with Crippen molar-refractivity contribution in [3.8, 4) is 0 Å². The van der Waals surface area contributed by atoms with Crippen molar-refractivity contribution in [3.05, 3.63) is 65.2 Å². The number of aliphatic hydroxyl groups is 1. The molecule has 0 saturated heterocycles. The lowest BCUT2D eigenvalue weighted by molar-refractivity contribution is 0.282. The summed E-state index contributed by atoms with van der Waals surface area (Å²) in [6.07, 6.45) is 1.13. The van der Waals surface area contributed by atoms with Crippen molar-refractivity contribution in [3.63, 3.8) is 0 Å². The molecule has 0 bridgehead atoms. The molecule has 0 heterocycles. The maximum absolute atomic E-state index is 9.06. The van der Waals surface area contributed by atoms with E-state index in [0.29, 0.717) is 5.92 Å². The number of aliphatic hydroxyl groups excluding tert-OH is 1. The topological polar surface area (TPSA) is 32.3 Å². The van der Waals surface area contributed by atoms with Gasteiger partial charge in [-0.15, -0.1) is 0 Å². The molecule has 0 aliphatic heterocycles. The van der Waals surface area contributed by atoms with Gasteiger partial charge in [0.1, 0.15) is 0 Å². The Labute approximate surface area is 127 Å². The fourth-order valence-electron chi connectivity index (χ4n) is 2.45. The van der Waals surface area contributed by atoms with Gasteiger partial charge < -0.3 is 10.4 Å². The summed E-state index contributed by atoms with van der Waals surface area (Å²) in [5.74, 6) is 0.691. The van der Waals surface area contributed by atoms with Gasteiger partial charge in [-0.1, -0.05) is 50.2 Å². The van der Waals surface area contributed by atoms with E-state index in [1.165, 1.54) is 11.1 Å². The lowest BCUT2D eigenvalue weighted by atomic mass is 10.00. The number of hydrogen-bond donors (Lipinski definition) is 2. The van der Waals surface area contributed by atoms with Crippen LogP contribution in [-0.4, -0.2) is 5.11 Å². The highest BCUT2D eigenvalue weighted by Gasteiger charge is 2.06. The molecule has 0 amide bonds. The minimum Gasteiger partial charge on any atom is -0.392 e. The minimum absolute atomic E-state index is 0.0904. The first-order valence-corrected chi connectivity index (χ1v) is 7.63. The molecule has 1 unspecified atom stereocenters. The van der Waals surface area contributed by atoms with Crippen LogP contribution in [0, 0.1) is 5.92 Å². The monoisotopic (exact) mass is 283 g/mol. The van der Waals surface area contributed by atoms with Crippen LogP contribution in [-0.2, 0) is 13.0 Å². The number of benzene rings is 2. The lowest BCUT2D eigenvalue weighted by Crippen LogP contribution is -2.06. The van der Waals surface area contributed by atoms with E-state index in [1.807, 2.05) is 24.3 Å². The van der Waals surface area contributed by atoms with Crippen LogP contribution >= 0.6 is 0 Å². The lowest BCUT2D eigenvalue weighted by Gasteiger charge is -2.16. The average Bonchev–Trinajstić information content (AvgIpc) is 2.48. The van der Waals surface area contributed by atoms with Crippen LogP contribution in [0.15, 0.2) is 48.5 Å². The standard InChI is InChI=1S/C19H25NO/c1-14(2)12-16-4-8-18(9-5-16)15(3)20-19-10-6-17(13-21)7-11-19/h4-11,14-15,20-21H,12-13H2,1-3H3. The van der Waals surface area contributed by atoms with Crippen LogP contribution < -0.4 is 5.32 Å². The zero-order valence-electron chi connectivity index (χ0n) is 13.1. The number of anilines is 1. The fraction of sp³-hybridized carbons (Fsp3) is 0.368. The maximum Gasteiger partial charge on any atom is 0.0681 e. The van der Waals surface area contributed by atoms with Crippen molar-refractivity contribution in [1.82, 2.24) is 0 Å². The highest BCUT2D eigenvalue weighted by atomic mass is 16.3. The van der Waals surface area contributed by atoms with Crippen molar-refractivity contribution < 1.29 is 5.11 Å². The number of hydrogen-bond acceptors (Lipinski definition) is 2. The molecule has 2 rings (SSSR count). The molecule has 2 aromatic rings. The van der Waals surface area contributed by atoms with Crippen molar-refractivity contribution in [2.45, 2.75) is 39.8 Å². The van der Waals surface area contributed by atoms with E-state index in [2.05, 4.69) is 50.4 Å². The summed E-state index contributed by atoms with van der Waals surface area (Å²) >= 11 is 0. The van der Waals surface area contributed by atoms with E-state index in [4.69, 9.17) is 5.11 Å². The van der Waals surface area contributed by atoms with Gasteiger partial charge in [-0.2, -0.15) is 0 Å². The molecule has 0 aliphatic carbocycles. The summed E-state index contributed by atoms with van der Waals surface area (Å²) in [5, 5.41) is 12.5. The molecular formula is C19H25NO. The Morgan fingerprint density at radius 2 is 1.43 bits per heavy atom. The van der Waals surface area contributed by atoms with E-state index in [0.717, 1.165) is 17.7 Å². The van der Waals surface area contributed by atoms with Crippen LogP contribution in [0.3, 0.4) is 0 Å². The van der Waals surface area contributed by atoms with Gasteiger partial charge in [0.15, 0.2) is 0 Å². The highest BCUT2D eigenvalue weighted by molar-refractivity contribution is 5.46. The number of rotatable bonds is 6.